The van der Waals surface area contributed by atoms with E-state index in [0.717, 1.165) is 4.47 Å². The molecule has 3 aromatic carbocycles. The Morgan fingerprint density at radius 2 is 1.54 bits per heavy atom. The second-order valence-electron chi connectivity index (χ2n) is 6.78. The normalized spacial score (nSPS) is 20.3. The minimum atomic E-state index is 0.489. The quantitative estimate of drug-likeness (QED) is 0.448. The highest BCUT2D eigenvalue weighted by Gasteiger charge is 2.37. The molecule has 0 heterocycles. The Balaban J connectivity index is 1.79. The number of allylic oxidation sites excluding steroid dienone is 1. The summed E-state index contributed by atoms with van der Waals surface area (Å²) in [5, 5.41) is 0. The van der Waals surface area contributed by atoms with Crippen LogP contribution in [-0.2, 0) is 0 Å². The fourth-order valence-corrected chi connectivity index (χ4v) is 4.84. The molecule has 116 valence electrons. The van der Waals surface area contributed by atoms with Crippen LogP contribution in [0.1, 0.15) is 35.1 Å². The average molecular weight is 373 g/mol. The van der Waals surface area contributed by atoms with Gasteiger partial charge in [0.2, 0.25) is 0 Å². The van der Waals surface area contributed by atoms with Crippen LogP contribution < -0.4 is 0 Å². The molecule has 2 aliphatic rings. The first-order chi connectivity index (χ1) is 11.7. The summed E-state index contributed by atoms with van der Waals surface area (Å²) in [6.07, 6.45) is 2.46. The van der Waals surface area contributed by atoms with Crippen molar-refractivity contribution in [1.29, 1.82) is 0 Å². The van der Waals surface area contributed by atoms with Crippen LogP contribution in [0, 0.1) is 5.92 Å². The zero-order valence-electron chi connectivity index (χ0n) is 13.5. The Labute approximate surface area is 151 Å². The zero-order chi connectivity index (χ0) is 16.3. The van der Waals surface area contributed by atoms with Crippen molar-refractivity contribution in [2.45, 2.75) is 12.8 Å². The Morgan fingerprint density at radius 1 is 0.792 bits per heavy atom. The summed E-state index contributed by atoms with van der Waals surface area (Å²) in [6.45, 7) is 2.35. The van der Waals surface area contributed by atoms with Gasteiger partial charge in [0.05, 0.1) is 0 Å². The molecule has 0 fully saturated rings. The van der Waals surface area contributed by atoms with Gasteiger partial charge in [0.1, 0.15) is 0 Å². The molecule has 1 heteroatoms. The molecule has 0 nitrogen and oxygen atoms in total. The van der Waals surface area contributed by atoms with Crippen LogP contribution in [-0.4, -0.2) is 0 Å². The fourth-order valence-electron chi connectivity index (χ4n) is 4.44. The molecular weight excluding hydrogens is 356 g/mol. The van der Waals surface area contributed by atoms with E-state index in [9.17, 15) is 0 Å². The Morgan fingerprint density at radius 3 is 2.42 bits per heavy atom. The fraction of sp³-hybridized carbons (Fsp3) is 0.130. The first-order valence-electron chi connectivity index (χ1n) is 8.44. The molecule has 3 aromatic rings. The SMILES string of the molecule is CC1C=C(c2cccc(Br)c2)c2cccc3c2C1c1ccccc1-3. The van der Waals surface area contributed by atoms with Gasteiger partial charge in [0.25, 0.3) is 0 Å². The highest BCUT2D eigenvalue weighted by atomic mass is 79.9. The molecule has 0 spiro atoms. The second-order valence-corrected chi connectivity index (χ2v) is 7.70. The molecule has 0 radical (unpaired) electrons. The number of fused-ring (bicyclic) bond motifs is 3. The van der Waals surface area contributed by atoms with Gasteiger partial charge in [-0.1, -0.05) is 83.5 Å². The molecule has 24 heavy (non-hydrogen) atoms. The van der Waals surface area contributed by atoms with Crippen LogP contribution in [0.25, 0.3) is 16.7 Å². The van der Waals surface area contributed by atoms with E-state index in [2.05, 4.69) is 95.7 Å². The third kappa shape index (κ3) is 1.91. The van der Waals surface area contributed by atoms with Crippen LogP contribution in [0.5, 0.6) is 0 Å². The van der Waals surface area contributed by atoms with Gasteiger partial charge in [0, 0.05) is 10.4 Å². The molecule has 0 saturated carbocycles. The topological polar surface area (TPSA) is 0 Å². The van der Waals surface area contributed by atoms with E-state index in [1.807, 2.05) is 0 Å². The lowest BCUT2D eigenvalue weighted by molar-refractivity contribution is 0.628. The smallest absolute Gasteiger partial charge is 0.0181 e. The molecule has 0 N–H and O–H groups in total. The lowest BCUT2D eigenvalue weighted by atomic mass is 9.75. The maximum atomic E-state index is 3.62. The average Bonchev–Trinajstić information content (AvgIpc) is 2.94. The third-order valence-corrected chi connectivity index (χ3v) is 5.88. The number of halogens is 1. The van der Waals surface area contributed by atoms with Crippen molar-refractivity contribution < 1.29 is 0 Å². The largest absolute Gasteiger partial charge is 0.0723 e. The van der Waals surface area contributed by atoms with E-state index < -0.39 is 0 Å². The van der Waals surface area contributed by atoms with Gasteiger partial charge in [-0.2, -0.15) is 0 Å². The van der Waals surface area contributed by atoms with Crippen LogP contribution in [0.2, 0.25) is 0 Å². The van der Waals surface area contributed by atoms with E-state index in [0.29, 0.717) is 11.8 Å². The van der Waals surface area contributed by atoms with Gasteiger partial charge in [-0.15, -0.1) is 0 Å². The number of benzene rings is 3. The lowest BCUT2D eigenvalue weighted by Crippen LogP contribution is -2.14. The van der Waals surface area contributed by atoms with Gasteiger partial charge in [-0.05, 0) is 57.0 Å². The van der Waals surface area contributed by atoms with Crippen molar-refractivity contribution in [2.24, 2.45) is 5.92 Å². The van der Waals surface area contributed by atoms with Crippen molar-refractivity contribution in [3.8, 4) is 11.1 Å². The molecule has 2 unspecified atom stereocenters. The maximum Gasteiger partial charge on any atom is 0.0181 e. The monoisotopic (exact) mass is 372 g/mol. The van der Waals surface area contributed by atoms with Gasteiger partial charge in [-0.25, -0.2) is 0 Å². The molecule has 0 bridgehead atoms. The van der Waals surface area contributed by atoms with Crippen LogP contribution >= 0.6 is 15.9 Å². The summed E-state index contributed by atoms with van der Waals surface area (Å²) >= 11 is 3.62. The maximum absolute atomic E-state index is 3.62. The highest BCUT2D eigenvalue weighted by Crippen LogP contribution is 2.54. The van der Waals surface area contributed by atoms with Gasteiger partial charge < -0.3 is 0 Å². The minimum Gasteiger partial charge on any atom is -0.0723 e. The summed E-state index contributed by atoms with van der Waals surface area (Å²) in [5.74, 6) is 0.986. The summed E-state index contributed by atoms with van der Waals surface area (Å²) in [6, 6.07) is 24.3. The van der Waals surface area contributed by atoms with Crippen molar-refractivity contribution in [1.82, 2.24) is 0 Å². The molecule has 0 amide bonds. The molecule has 2 atom stereocenters. The van der Waals surface area contributed by atoms with Crippen molar-refractivity contribution in [3.63, 3.8) is 0 Å². The predicted molar refractivity (Wildman–Crippen MR) is 104 cm³/mol. The lowest BCUT2D eigenvalue weighted by Gasteiger charge is -2.29. The predicted octanol–water partition coefficient (Wildman–Crippen LogP) is 6.64. The van der Waals surface area contributed by atoms with Crippen molar-refractivity contribution in [2.75, 3.05) is 0 Å². The third-order valence-electron chi connectivity index (χ3n) is 5.38. The molecular formula is C23H17Br. The number of hydrogen-bond donors (Lipinski definition) is 0. The Kier molecular flexibility index (Phi) is 3.08. The zero-order valence-corrected chi connectivity index (χ0v) is 15.0. The number of rotatable bonds is 1. The van der Waals surface area contributed by atoms with Crippen LogP contribution in [0.15, 0.2) is 77.3 Å². The van der Waals surface area contributed by atoms with E-state index in [1.165, 1.54) is 39.0 Å². The van der Waals surface area contributed by atoms with Crippen molar-refractivity contribution in [3.05, 3.63) is 99.5 Å². The summed E-state index contributed by atoms with van der Waals surface area (Å²) in [5.41, 5.74) is 9.88. The highest BCUT2D eigenvalue weighted by molar-refractivity contribution is 9.10. The van der Waals surface area contributed by atoms with E-state index in [4.69, 9.17) is 0 Å². The molecule has 0 aliphatic heterocycles. The van der Waals surface area contributed by atoms with Gasteiger partial charge in [0.15, 0.2) is 0 Å². The molecule has 0 aromatic heterocycles. The number of hydrogen-bond acceptors (Lipinski definition) is 0. The second kappa shape index (κ2) is 5.19. The van der Waals surface area contributed by atoms with E-state index in [1.54, 1.807) is 0 Å². The Bertz CT molecular complexity index is 996. The van der Waals surface area contributed by atoms with Crippen LogP contribution in [0.3, 0.4) is 0 Å². The first-order valence-corrected chi connectivity index (χ1v) is 9.23. The summed E-state index contributed by atoms with van der Waals surface area (Å²) in [7, 11) is 0. The Hall–Kier alpha value is -2.12. The van der Waals surface area contributed by atoms with Gasteiger partial charge in [-0.3, -0.25) is 0 Å². The molecule has 2 aliphatic carbocycles. The minimum absolute atomic E-state index is 0.489. The first kappa shape index (κ1) is 14.2. The molecule has 5 rings (SSSR count). The summed E-state index contributed by atoms with van der Waals surface area (Å²) < 4.78 is 1.13. The standard InChI is InChI=1S/C23H17Br/c1-14-12-21(15-6-4-7-16(24)13-15)20-11-5-10-19-17-8-2-3-9-18(17)22(14)23(19)20/h2-14,22H,1H3. The van der Waals surface area contributed by atoms with E-state index >= 15 is 0 Å². The van der Waals surface area contributed by atoms with E-state index in [-0.39, 0.29) is 0 Å². The summed E-state index contributed by atoms with van der Waals surface area (Å²) in [4.78, 5) is 0. The van der Waals surface area contributed by atoms with Crippen molar-refractivity contribution >= 4 is 21.5 Å². The van der Waals surface area contributed by atoms with Gasteiger partial charge >= 0.3 is 0 Å². The molecule has 0 saturated heterocycles. The van der Waals surface area contributed by atoms with Crippen LogP contribution in [0.4, 0.5) is 0 Å².